The van der Waals surface area contributed by atoms with Crippen LogP contribution in [0.25, 0.3) is 0 Å². The standard InChI is InChI=1S/C7H16N2Si/c1-2-3-7-6-8-4-5-9(7)10/h2,7-8H,1,3-6H2,10H3. The first kappa shape index (κ1) is 7.98. The summed E-state index contributed by atoms with van der Waals surface area (Å²) in [6.07, 6.45) is 3.15. The van der Waals surface area contributed by atoms with Gasteiger partial charge in [-0.15, -0.1) is 6.58 Å². The van der Waals surface area contributed by atoms with E-state index in [0.717, 1.165) is 25.6 Å². The highest BCUT2D eigenvalue weighted by molar-refractivity contribution is 6.04. The fourth-order valence-electron chi connectivity index (χ4n) is 1.32. The Balaban J connectivity index is 2.32. The van der Waals surface area contributed by atoms with Crippen LogP contribution < -0.4 is 5.32 Å². The second-order valence-corrected chi connectivity index (χ2v) is 4.01. The molecule has 58 valence electrons. The molecule has 3 heteroatoms. The fraction of sp³-hybridized carbons (Fsp3) is 0.714. The van der Waals surface area contributed by atoms with E-state index in [0.29, 0.717) is 0 Å². The normalized spacial score (nSPS) is 28.6. The molecule has 0 amide bonds. The summed E-state index contributed by atoms with van der Waals surface area (Å²) in [6, 6.07) is 0.734. The minimum Gasteiger partial charge on any atom is -0.327 e. The van der Waals surface area contributed by atoms with E-state index in [4.69, 9.17) is 0 Å². The molecule has 0 aromatic carbocycles. The fourth-order valence-corrected chi connectivity index (χ4v) is 1.94. The van der Waals surface area contributed by atoms with Gasteiger partial charge >= 0.3 is 0 Å². The van der Waals surface area contributed by atoms with Gasteiger partial charge in [0.2, 0.25) is 0 Å². The molecule has 1 unspecified atom stereocenters. The first-order valence-electron chi connectivity index (χ1n) is 3.86. The summed E-state index contributed by atoms with van der Waals surface area (Å²) in [4.78, 5) is 0. The molecule has 1 atom stereocenters. The summed E-state index contributed by atoms with van der Waals surface area (Å²) >= 11 is 0. The number of nitrogens with one attached hydrogen (secondary N) is 1. The highest BCUT2D eigenvalue weighted by Gasteiger charge is 2.15. The van der Waals surface area contributed by atoms with E-state index >= 15 is 0 Å². The second-order valence-electron chi connectivity index (χ2n) is 2.86. The number of piperazine rings is 1. The van der Waals surface area contributed by atoms with E-state index in [9.17, 15) is 0 Å². The molecule has 0 bridgehead atoms. The third-order valence-electron chi connectivity index (χ3n) is 2.08. The van der Waals surface area contributed by atoms with Gasteiger partial charge in [0.15, 0.2) is 0 Å². The molecule has 1 heterocycles. The molecular formula is C7H16N2Si. The van der Waals surface area contributed by atoms with Crippen LogP contribution in [-0.2, 0) is 0 Å². The molecule has 0 spiro atoms. The Morgan fingerprint density at radius 2 is 2.60 bits per heavy atom. The highest BCUT2D eigenvalue weighted by Crippen LogP contribution is 2.03. The molecule has 1 N–H and O–H groups in total. The quantitative estimate of drug-likeness (QED) is 0.412. The van der Waals surface area contributed by atoms with Crippen LogP contribution in [0, 0.1) is 0 Å². The van der Waals surface area contributed by atoms with Crippen LogP contribution in [0.3, 0.4) is 0 Å². The molecule has 1 rings (SSSR count). The minimum atomic E-state index is 0.734. The van der Waals surface area contributed by atoms with Crippen molar-refractivity contribution in [2.45, 2.75) is 12.5 Å². The Morgan fingerprint density at radius 3 is 3.20 bits per heavy atom. The van der Waals surface area contributed by atoms with Crippen molar-refractivity contribution in [2.24, 2.45) is 0 Å². The number of nitrogens with zero attached hydrogens (tertiary/aromatic N) is 1. The maximum absolute atomic E-state index is 3.75. The van der Waals surface area contributed by atoms with Gasteiger partial charge in [0.05, 0.1) is 10.4 Å². The molecule has 1 aliphatic rings. The maximum atomic E-state index is 3.75. The first-order valence-corrected chi connectivity index (χ1v) is 4.76. The summed E-state index contributed by atoms with van der Waals surface area (Å²) in [5, 5.41) is 3.38. The monoisotopic (exact) mass is 156 g/mol. The highest BCUT2D eigenvalue weighted by atomic mass is 28.2. The van der Waals surface area contributed by atoms with Crippen molar-refractivity contribution >= 4 is 10.4 Å². The maximum Gasteiger partial charge on any atom is 0.0789 e. The molecule has 0 radical (unpaired) electrons. The third kappa shape index (κ3) is 1.93. The molecule has 2 nitrogen and oxygen atoms in total. The smallest absolute Gasteiger partial charge is 0.0789 e. The topological polar surface area (TPSA) is 15.3 Å². The zero-order valence-corrected chi connectivity index (χ0v) is 8.64. The summed E-state index contributed by atoms with van der Waals surface area (Å²) < 4.78 is 2.53. The zero-order valence-electron chi connectivity index (χ0n) is 6.64. The van der Waals surface area contributed by atoms with E-state index in [1.165, 1.54) is 16.9 Å². The Bertz CT molecular complexity index is 116. The molecular weight excluding hydrogens is 140 g/mol. The van der Waals surface area contributed by atoms with Gasteiger partial charge in [0.1, 0.15) is 0 Å². The Kier molecular flexibility index (Phi) is 3.12. The van der Waals surface area contributed by atoms with Gasteiger partial charge in [-0.25, -0.2) is 0 Å². The molecule has 1 saturated heterocycles. The van der Waals surface area contributed by atoms with Gasteiger partial charge in [0.25, 0.3) is 0 Å². The average molecular weight is 156 g/mol. The van der Waals surface area contributed by atoms with Crippen molar-refractivity contribution in [2.75, 3.05) is 19.6 Å². The van der Waals surface area contributed by atoms with Crippen molar-refractivity contribution in [1.82, 2.24) is 9.88 Å². The third-order valence-corrected chi connectivity index (χ3v) is 3.26. The number of hydrogen-bond donors (Lipinski definition) is 1. The molecule has 1 aliphatic heterocycles. The molecule has 0 aromatic heterocycles. The van der Waals surface area contributed by atoms with Gasteiger partial charge in [-0.2, -0.15) is 0 Å². The minimum absolute atomic E-state index is 0.734. The molecule has 0 aromatic rings. The van der Waals surface area contributed by atoms with Gasteiger partial charge in [-0.05, 0) is 6.42 Å². The lowest BCUT2D eigenvalue weighted by molar-refractivity contribution is 0.280. The van der Waals surface area contributed by atoms with Crippen LogP contribution in [0.5, 0.6) is 0 Å². The first-order chi connectivity index (χ1) is 4.84. The van der Waals surface area contributed by atoms with Crippen LogP contribution in [-0.4, -0.2) is 40.6 Å². The lowest BCUT2D eigenvalue weighted by atomic mass is 10.2. The van der Waals surface area contributed by atoms with Crippen LogP contribution >= 0.6 is 0 Å². The largest absolute Gasteiger partial charge is 0.327 e. The molecule has 1 fully saturated rings. The summed E-state index contributed by atoms with van der Waals surface area (Å²) in [5.41, 5.74) is 0. The molecule has 10 heavy (non-hydrogen) atoms. The van der Waals surface area contributed by atoms with Crippen LogP contribution in [0.4, 0.5) is 0 Å². The van der Waals surface area contributed by atoms with Crippen molar-refractivity contribution in [3.05, 3.63) is 12.7 Å². The van der Waals surface area contributed by atoms with Gasteiger partial charge in [-0.3, -0.25) is 0 Å². The lowest BCUT2D eigenvalue weighted by Crippen LogP contribution is -2.49. The average Bonchev–Trinajstić information content (AvgIpc) is 1.94. The Labute approximate surface area is 65.8 Å². The predicted molar refractivity (Wildman–Crippen MR) is 48.1 cm³/mol. The zero-order chi connectivity index (χ0) is 7.40. The van der Waals surface area contributed by atoms with Gasteiger partial charge in [0, 0.05) is 25.7 Å². The summed E-state index contributed by atoms with van der Waals surface area (Å²) in [6.45, 7) is 7.29. The van der Waals surface area contributed by atoms with Crippen LogP contribution in [0.15, 0.2) is 12.7 Å². The SMILES string of the molecule is C=CCC1CNCCN1[SiH3]. The Morgan fingerprint density at radius 1 is 1.80 bits per heavy atom. The summed E-state index contributed by atoms with van der Waals surface area (Å²) in [7, 11) is 1.19. The van der Waals surface area contributed by atoms with Crippen molar-refractivity contribution < 1.29 is 0 Å². The molecule has 0 aliphatic carbocycles. The number of rotatable bonds is 2. The van der Waals surface area contributed by atoms with E-state index in [2.05, 4.69) is 16.5 Å². The van der Waals surface area contributed by atoms with Gasteiger partial charge < -0.3 is 9.88 Å². The van der Waals surface area contributed by atoms with E-state index in [-0.39, 0.29) is 0 Å². The Hall–Kier alpha value is -0.123. The van der Waals surface area contributed by atoms with Gasteiger partial charge in [-0.1, -0.05) is 6.08 Å². The van der Waals surface area contributed by atoms with Crippen LogP contribution in [0.1, 0.15) is 6.42 Å². The summed E-state index contributed by atoms with van der Waals surface area (Å²) in [5.74, 6) is 0. The second kappa shape index (κ2) is 3.90. The van der Waals surface area contributed by atoms with Crippen molar-refractivity contribution in [1.29, 1.82) is 0 Å². The van der Waals surface area contributed by atoms with Crippen molar-refractivity contribution in [3.8, 4) is 0 Å². The van der Waals surface area contributed by atoms with Crippen LogP contribution in [0.2, 0.25) is 0 Å². The van der Waals surface area contributed by atoms with Crippen molar-refractivity contribution in [3.63, 3.8) is 0 Å². The lowest BCUT2D eigenvalue weighted by Gasteiger charge is -2.32. The predicted octanol–water partition coefficient (Wildman–Crippen LogP) is -0.883. The van der Waals surface area contributed by atoms with E-state index in [1.54, 1.807) is 0 Å². The van der Waals surface area contributed by atoms with E-state index in [1.807, 2.05) is 6.08 Å². The number of hydrogen-bond acceptors (Lipinski definition) is 2. The molecule has 0 saturated carbocycles. The van der Waals surface area contributed by atoms with E-state index < -0.39 is 0 Å².